The highest BCUT2D eigenvalue weighted by Gasteiger charge is 2.21. The van der Waals surface area contributed by atoms with Crippen molar-refractivity contribution < 1.29 is 24.0 Å². The van der Waals surface area contributed by atoms with E-state index in [0.29, 0.717) is 12.5 Å². The number of rotatable bonds is 7. The minimum Gasteiger partial charge on any atom is -0.479 e. The minimum atomic E-state index is -1.19. The number of carboxylic acid groups (broad SMARTS) is 1. The molecule has 0 spiro atoms. The second-order valence-corrected chi connectivity index (χ2v) is 3.96. The number of halogens is 1. The number of ether oxygens (including phenoxy) is 1. The molecule has 7 heteroatoms. The van der Waals surface area contributed by atoms with Crippen LogP contribution in [0, 0.1) is 15.9 Å². The zero-order chi connectivity index (χ0) is 14.4. The third kappa shape index (κ3) is 4.20. The predicted molar refractivity (Wildman–Crippen MR) is 64.6 cm³/mol. The quantitative estimate of drug-likeness (QED) is 0.608. The zero-order valence-corrected chi connectivity index (χ0v) is 10.3. The van der Waals surface area contributed by atoms with E-state index in [9.17, 15) is 19.3 Å². The van der Waals surface area contributed by atoms with Gasteiger partial charge in [-0.1, -0.05) is 13.3 Å². The molecule has 0 aromatic heterocycles. The van der Waals surface area contributed by atoms with E-state index in [1.807, 2.05) is 6.92 Å². The highest BCUT2D eigenvalue weighted by atomic mass is 19.1. The fourth-order valence-corrected chi connectivity index (χ4v) is 1.47. The number of benzene rings is 1. The molecule has 1 rings (SSSR count). The molecular formula is C12H14FNO5. The van der Waals surface area contributed by atoms with Gasteiger partial charge in [-0.3, -0.25) is 10.1 Å². The van der Waals surface area contributed by atoms with Crippen LogP contribution in [0.4, 0.5) is 10.1 Å². The van der Waals surface area contributed by atoms with Crippen molar-refractivity contribution in [1.29, 1.82) is 0 Å². The molecule has 0 aliphatic rings. The highest BCUT2D eigenvalue weighted by Crippen LogP contribution is 2.24. The van der Waals surface area contributed by atoms with Crippen molar-refractivity contribution in [3.05, 3.63) is 34.1 Å². The molecule has 0 fully saturated rings. The molecule has 1 aromatic carbocycles. The van der Waals surface area contributed by atoms with Gasteiger partial charge in [-0.15, -0.1) is 0 Å². The minimum absolute atomic E-state index is 0.252. The molecular weight excluding hydrogens is 257 g/mol. The summed E-state index contributed by atoms with van der Waals surface area (Å²) in [5.41, 5.74) is -0.412. The summed E-state index contributed by atoms with van der Waals surface area (Å²) in [4.78, 5) is 20.6. The van der Waals surface area contributed by atoms with E-state index in [2.05, 4.69) is 0 Å². The third-order valence-electron chi connectivity index (χ3n) is 2.49. The lowest BCUT2D eigenvalue weighted by molar-refractivity contribution is -0.385. The van der Waals surface area contributed by atoms with Crippen molar-refractivity contribution in [3.8, 4) is 5.75 Å². The monoisotopic (exact) mass is 271 g/mol. The lowest BCUT2D eigenvalue weighted by Crippen LogP contribution is -2.27. The fraction of sp³-hybridized carbons (Fsp3) is 0.417. The summed E-state index contributed by atoms with van der Waals surface area (Å²) >= 11 is 0. The van der Waals surface area contributed by atoms with Crippen LogP contribution in [0.15, 0.2) is 18.2 Å². The molecule has 0 amide bonds. The second-order valence-electron chi connectivity index (χ2n) is 3.96. The van der Waals surface area contributed by atoms with Gasteiger partial charge in [0.15, 0.2) is 17.7 Å². The van der Waals surface area contributed by atoms with Gasteiger partial charge in [-0.05, 0) is 18.9 Å². The Balaban J connectivity index is 2.84. The van der Waals surface area contributed by atoms with Gasteiger partial charge in [0, 0.05) is 6.07 Å². The van der Waals surface area contributed by atoms with Crippen LogP contribution in [-0.4, -0.2) is 22.1 Å². The van der Waals surface area contributed by atoms with E-state index in [1.54, 1.807) is 0 Å². The number of hydrogen-bond acceptors (Lipinski definition) is 4. The molecule has 1 N–H and O–H groups in total. The van der Waals surface area contributed by atoms with Crippen LogP contribution in [0.3, 0.4) is 0 Å². The average molecular weight is 271 g/mol. The lowest BCUT2D eigenvalue weighted by atomic mass is 10.1. The van der Waals surface area contributed by atoms with Gasteiger partial charge >= 0.3 is 5.97 Å². The Morgan fingerprint density at radius 3 is 2.74 bits per heavy atom. The SMILES string of the molecule is CCCCC(Oc1ccc([N+](=O)[O-])cc1F)C(=O)O. The number of nitro groups is 1. The summed E-state index contributed by atoms with van der Waals surface area (Å²) in [6.45, 7) is 1.89. The number of non-ortho nitro benzene ring substituents is 1. The summed E-state index contributed by atoms with van der Waals surface area (Å²) in [6.07, 6.45) is 0.514. The lowest BCUT2D eigenvalue weighted by Gasteiger charge is -2.15. The normalized spacial score (nSPS) is 11.9. The van der Waals surface area contributed by atoms with Crippen LogP contribution in [0.1, 0.15) is 26.2 Å². The summed E-state index contributed by atoms with van der Waals surface area (Å²) in [5.74, 6) is -2.43. The number of nitro benzene ring substituents is 1. The molecule has 0 bridgehead atoms. The Kier molecular flexibility index (Phi) is 5.23. The number of hydrogen-bond donors (Lipinski definition) is 1. The molecule has 0 saturated heterocycles. The molecule has 1 atom stereocenters. The topological polar surface area (TPSA) is 89.7 Å². The first-order valence-corrected chi connectivity index (χ1v) is 5.79. The van der Waals surface area contributed by atoms with Gasteiger partial charge in [0.1, 0.15) is 0 Å². The number of aliphatic carboxylic acids is 1. The Bertz CT molecular complexity index is 477. The highest BCUT2D eigenvalue weighted by molar-refractivity contribution is 5.72. The van der Waals surface area contributed by atoms with E-state index in [4.69, 9.17) is 9.84 Å². The van der Waals surface area contributed by atoms with Crippen molar-refractivity contribution in [2.75, 3.05) is 0 Å². The van der Waals surface area contributed by atoms with Gasteiger partial charge in [-0.2, -0.15) is 0 Å². The molecule has 0 aliphatic carbocycles. The molecule has 0 radical (unpaired) electrons. The second kappa shape index (κ2) is 6.67. The Hall–Kier alpha value is -2.18. The summed E-state index contributed by atoms with van der Waals surface area (Å²) in [7, 11) is 0. The standard InChI is InChI=1S/C12H14FNO5/c1-2-3-4-11(12(15)16)19-10-6-5-8(14(17)18)7-9(10)13/h5-7,11H,2-4H2,1H3,(H,15,16). The van der Waals surface area contributed by atoms with E-state index >= 15 is 0 Å². The van der Waals surface area contributed by atoms with Gasteiger partial charge in [0.25, 0.3) is 5.69 Å². The summed E-state index contributed by atoms with van der Waals surface area (Å²) in [5, 5.41) is 19.4. The van der Waals surface area contributed by atoms with Crippen LogP contribution >= 0.6 is 0 Å². The van der Waals surface area contributed by atoms with Gasteiger partial charge < -0.3 is 9.84 Å². The Morgan fingerprint density at radius 2 is 2.26 bits per heavy atom. The van der Waals surface area contributed by atoms with Crippen LogP contribution in [0.5, 0.6) is 5.75 Å². The number of unbranched alkanes of at least 4 members (excludes halogenated alkanes) is 1. The number of carboxylic acids is 1. The maximum absolute atomic E-state index is 13.5. The molecule has 1 aromatic rings. The molecule has 6 nitrogen and oxygen atoms in total. The van der Waals surface area contributed by atoms with Crippen molar-refractivity contribution in [2.45, 2.75) is 32.3 Å². The van der Waals surface area contributed by atoms with Crippen molar-refractivity contribution in [1.82, 2.24) is 0 Å². The molecule has 1 unspecified atom stereocenters. The smallest absolute Gasteiger partial charge is 0.344 e. The Labute approximate surface area is 109 Å². The first-order chi connectivity index (χ1) is 8.95. The van der Waals surface area contributed by atoms with Gasteiger partial charge in [0.05, 0.1) is 11.0 Å². The maximum atomic E-state index is 13.5. The molecule has 0 saturated carbocycles. The van der Waals surface area contributed by atoms with Gasteiger partial charge in [-0.25, -0.2) is 9.18 Å². The summed E-state index contributed by atoms with van der Waals surface area (Å²) < 4.78 is 18.6. The van der Waals surface area contributed by atoms with Gasteiger partial charge in [0.2, 0.25) is 0 Å². The largest absolute Gasteiger partial charge is 0.479 e. The molecule has 104 valence electrons. The Morgan fingerprint density at radius 1 is 1.58 bits per heavy atom. The molecule has 19 heavy (non-hydrogen) atoms. The van der Waals surface area contributed by atoms with Crippen LogP contribution in [0.25, 0.3) is 0 Å². The van der Waals surface area contributed by atoms with Crippen LogP contribution in [0.2, 0.25) is 0 Å². The maximum Gasteiger partial charge on any atom is 0.344 e. The van der Waals surface area contributed by atoms with E-state index in [0.717, 1.165) is 18.6 Å². The van der Waals surface area contributed by atoms with Crippen molar-refractivity contribution in [2.24, 2.45) is 0 Å². The van der Waals surface area contributed by atoms with E-state index in [-0.39, 0.29) is 12.2 Å². The van der Waals surface area contributed by atoms with E-state index < -0.39 is 28.5 Å². The number of nitrogens with zero attached hydrogens (tertiary/aromatic N) is 1. The van der Waals surface area contributed by atoms with Crippen molar-refractivity contribution >= 4 is 11.7 Å². The first kappa shape index (κ1) is 14.9. The third-order valence-corrected chi connectivity index (χ3v) is 2.49. The number of carbonyl (C=O) groups is 1. The predicted octanol–water partition coefficient (Wildman–Crippen LogP) is 2.76. The van der Waals surface area contributed by atoms with Crippen LogP contribution in [-0.2, 0) is 4.79 Å². The fourth-order valence-electron chi connectivity index (χ4n) is 1.47. The average Bonchev–Trinajstić information content (AvgIpc) is 2.35. The van der Waals surface area contributed by atoms with Crippen molar-refractivity contribution in [3.63, 3.8) is 0 Å². The van der Waals surface area contributed by atoms with E-state index in [1.165, 1.54) is 0 Å². The van der Waals surface area contributed by atoms with Crippen LogP contribution < -0.4 is 4.74 Å². The first-order valence-electron chi connectivity index (χ1n) is 5.79. The molecule has 0 aliphatic heterocycles. The molecule has 0 heterocycles. The zero-order valence-electron chi connectivity index (χ0n) is 10.3. The summed E-state index contributed by atoms with van der Waals surface area (Å²) in [6, 6.07) is 2.83.